The highest BCUT2D eigenvalue weighted by molar-refractivity contribution is 7.92. The lowest BCUT2D eigenvalue weighted by atomic mass is 10.3. The van der Waals surface area contributed by atoms with E-state index in [1.54, 1.807) is 12.1 Å². The minimum absolute atomic E-state index is 0.0181. The molecular formula is C14H23N3O5S2. The maximum Gasteiger partial charge on any atom is 0.234 e. The average molecular weight is 377 g/mol. The number of hydrogen-bond acceptors (Lipinski definition) is 5. The second-order valence-corrected chi connectivity index (χ2v) is 9.02. The third kappa shape index (κ3) is 8.27. The van der Waals surface area contributed by atoms with Crippen LogP contribution in [0, 0.1) is 0 Å². The zero-order valence-electron chi connectivity index (χ0n) is 13.7. The molecule has 0 aliphatic heterocycles. The van der Waals surface area contributed by atoms with Crippen molar-refractivity contribution in [3.05, 3.63) is 24.3 Å². The van der Waals surface area contributed by atoms with E-state index in [1.807, 2.05) is 6.92 Å². The van der Waals surface area contributed by atoms with Gasteiger partial charge in [-0.1, -0.05) is 19.4 Å². The fraction of sp³-hybridized carbons (Fsp3) is 0.500. The van der Waals surface area contributed by atoms with Gasteiger partial charge in [0.05, 0.1) is 17.2 Å². The Balaban J connectivity index is 2.59. The molecule has 1 aromatic rings. The Morgan fingerprint density at radius 2 is 1.71 bits per heavy atom. The SMILES string of the molecule is CCCCS(=O)(=O)NCCS(=O)(=O)Nc1cccc(NC(C)=O)c1. The molecular weight excluding hydrogens is 354 g/mol. The van der Waals surface area contributed by atoms with Crippen LogP contribution < -0.4 is 14.8 Å². The maximum atomic E-state index is 12.0. The summed E-state index contributed by atoms with van der Waals surface area (Å²) in [5.74, 6) is -0.671. The average Bonchev–Trinajstić information content (AvgIpc) is 2.43. The van der Waals surface area contributed by atoms with Crippen molar-refractivity contribution in [3.63, 3.8) is 0 Å². The van der Waals surface area contributed by atoms with E-state index in [0.29, 0.717) is 12.1 Å². The van der Waals surface area contributed by atoms with Gasteiger partial charge in [-0.15, -0.1) is 0 Å². The predicted octanol–water partition coefficient (Wildman–Crippen LogP) is 1.11. The Bertz CT molecular complexity index is 760. The highest BCUT2D eigenvalue weighted by Gasteiger charge is 2.14. The van der Waals surface area contributed by atoms with Gasteiger partial charge < -0.3 is 5.32 Å². The van der Waals surface area contributed by atoms with E-state index in [4.69, 9.17) is 0 Å². The first-order valence-corrected chi connectivity index (χ1v) is 10.8. The van der Waals surface area contributed by atoms with E-state index in [2.05, 4.69) is 14.8 Å². The summed E-state index contributed by atoms with van der Waals surface area (Å²) in [5.41, 5.74) is 0.748. The molecule has 0 saturated carbocycles. The van der Waals surface area contributed by atoms with E-state index in [9.17, 15) is 21.6 Å². The standard InChI is InChI=1S/C14H23N3O5S2/c1-3-4-9-23(19,20)15-8-10-24(21,22)17-14-7-5-6-13(11-14)16-12(2)18/h5-7,11,15,17H,3-4,8-10H2,1-2H3,(H,16,18). The second kappa shape index (κ2) is 9.00. The molecule has 0 saturated heterocycles. The van der Waals surface area contributed by atoms with Gasteiger partial charge in [-0.3, -0.25) is 9.52 Å². The zero-order valence-corrected chi connectivity index (χ0v) is 15.3. The van der Waals surface area contributed by atoms with Gasteiger partial charge in [-0.05, 0) is 24.6 Å². The summed E-state index contributed by atoms with van der Waals surface area (Å²) < 4.78 is 51.8. The summed E-state index contributed by atoms with van der Waals surface area (Å²) in [4.78, 5) is 11.0. The summed E-state index contributed by atoms with van der Waals surface area (Å²) in [7, 11) is -7.16. The van der Waals surface area contributed by atoms with Crippen molar-refractivity contribution in [1.82, 2.24) is 4.72 Å². The monoisotopic (exact) mass is 377 g/mol. The quantitative estimate of drug-likeness (QED) is 0.564. The molecule has 3 N–H and O–H groups in total. The number of sulfonamides is 2. The summed E-state index contributed by atoms with van der Waals surface area (Å²) >= 11 is 0. The first kappa shape index (κ1) is 20.4. The molecule has 0 radical (unpaired) electrons. The van der Waals surface area contributed by atoms with Crippen LogP contribution >= 0.6 is 0 Å². The van der Waals surface area contributed by atoms with Gasteiger partial charge in [0, 0.05) is 19.2 Å². The third-order valence-electron chi connectivity index (χ3n) is 2.92. The first-order valence-electron chi connectivity index (χ1n) is 7.49. The first-order chi connectivity index (χ1) is 11.1. The molecule has 0 unspecified atom stereocenters. The fourth-order valence-corrected chi connectivity index (χ4v) is 4.15. The lowest BCUT2D eigenvalue weighted by molar-refractivity contribution is -0.114. The van der Waals surface area contributed by atoms with E-state index in [1.165, 1.54) is 19.1 Å². The molecule has 0 aliphatic carbocycles. The van der Waals surface area contributed by atoms with Crippen molar-refractivity contribution >= 4 is 37.3 Å². The van der Waals surface area contributed by atoms with Gasteiger partial charge in [0.25, 0.3) is 0 Å². The summed E-state index contributed by atoms with van der Waals surface area (Å²) in [5, 5.41) is 2.55. The molecule has 0 aliphatic rings. The Morgan fingerprint density at radius 3 is 2.33 bits per heavy atom. The molecule has 136 valence electrons. The fourth-order valence-electron chi connectivity index (χ4n) is 1.83. The van der Waals surface area contributed by atoms with Crippen LogP contribution in [0.25, 0.3) is 0 Å². The van der Waals surface area contributed by atoms with Crippen LogP contribution in [-0.2, 0) is 24.8 Å². The van der Waals surface area contributed by atoms with Gasteiger partial charge in [0.1, 0.15) is 0 Å². The van der Waals surface area contributed by atoms with Gasteiger partial charge in [0.2, 0.25) is 26.0 Å². The van der Waals surface area contributed by atoms with E-state index >= 15 is 0 Å². The highest BCUT2D eigenvalue weighted by atomic mass is 32.2. The Morgan fingerprint density at radius 1 is 1.04 bits per heavy atom. The van der Waals surface area contributed by atoms with Gasteiger partial charge in [0.15, 0.2) is 0 Å². The Kier molecular flexibility index (Phi) is 7.64. The smallest absolute Gasteiger partial charge is 0.234 e. The van der Waals surface area contributed by atoms with E-state index in [0.717, 1.165) is 6.42 Å². The van der Waals surface area contributed by atoms with Crippen molar-refractivity contribution in [2.75, 3.05) is 28.1 Å². The number of unbranched alkanes of at least 4 members (excludes halogenated alkanes) is 1. The van der Waals surface area contributed by atoms with Crippen LogP contribution in [0.5, 0.6) is 0 Å². The van der Waals surface area contributed by atoms with Crippen molar-refractivity contribution in [1.29, 1.82) is 0 Å². The number of rotatable bonds is 10. The normalized spacial score (nSPS) is 11.9. The number of amides is 1. The highest BCUT2D eigenvalue weighted by Crippen LogP contribution is 2.16. The predicted molar refractivity (Wildman–Crippen MR) is 94.9 cm³/mol. The zero-order chi connectivity index (χ0) is 18.2. The van der Waals surface area contributed by atoms with Crippen molar-refractivity contribution < 1.29 is 21.6 Å². The lowest BCUT2D eigenvalue weighted by Crippen LogP contribution is -2.32. The molecule has 1 rings (SSSR count). The minimum Gasteiger partial charge on any atom is -0.326 e. The maximum absolute atomic E-state index is 12.0. The molecule has 0 atom stereocenters. The Hall–Kier alpha value is -1.65. The lowest BCUT2D eigenvalue weighted by Gasteiger charge is -2.10. The number of carbonyl (C=O) groups excluding carboxylic acids is 1. The molecule has 1 aromatic carbocycles. The van der Waals surface area contributed by atoms with Crippen LogP contribution in [-0.4, -0.2) is 40.8 Å². The summed E-state index contributed by atoms with van der Waals surface area (Å²) in [6.45, 7) is 3.02. The van der Waals surface area contributed by atoms with E-state index < -0.39 is 20.0 Å². The van der Waals surface area contributed by atoms with Crippen molar-refractivity contribution in [2.45, 2.75) is 26.7 Å². The molecule has 0 bridgehead atoms. The van der Waals surface area contributed by atoms with Crippen LogP contribution in [0.15, 0.2) is 24.3 Å². The largest absolute Gasteiger partial charge is 0.326 e. The number of nitrogens with one attached hydrogen (secondary N) is 3. The molecule has 0 fully saturated rings. The second-order valence-electron chi connectivity index (χ2n) is 5.25. The van der Waals surface area contributed by atoms with Crippen molar-refractivity contribution in [3.8, 4) is 0 Å². The van der Waals surface area contributed by atoms with Crippen LogP contribution in [0.1, 0.15) is 26.7 Å². The third-order valence-corrected chi connectivity index (χ3v) is 5.67. The molecule has 8 nitrogen and oxygen atoms in total. The minimum atomic E-state index is -3.71. The molecule has 0 aromatic heterocycles. The molecule has 10 heteroatoms. The molecule has 0 spiro atoms. The number of benzene rings is 1. The molecule has 24 heavy (non-hydrogen) atoms. The van der Waals surface area contributed by atoms with Gasteiger partial charge >= 0.3 is 0 Å². The number of anilines is 2. The van der Waals surface area contributed by atoms with E-state index in [-0.39, 0.29) is 29.6 Å². The molecule has 0 heterocycles. The summed E-state index contributed by atoms with van der Waals surface area (Å²) in [6.07, 6.45) is 1.27. The van der Waals surface area contributed by atoms with Gasteiger partial charge in [-0.2, -0.15) is 0 Å². The number of hydrogen-bond donors (Lipinski definition) is 3. The van der Waals surface area contributed by atoms with Gasteiger partial charge in [-0.25, -0.2) is 21.6 Å². The van der Waals surface area contributed by atoms with Crippen LogP contribution in [0.2, 0.25) is 0 Å². The topological polar surface area (TPSA) is 121 Å². The number of carbonyl (C=O) groups is 1. The Labute approximate surface area is 143 Å². The van der Waals surface area contributed by atoms with Crippen LogP contribution in [0.4, 0.5) is 11.4 Å². The van der Waals surface area contributed by atoms with Crippen molar-refractivity contribution in [2.24, 2.45) is 0 Å². The molecule has 1 amide bonds. The van der Waals surface area contributed by atoms with Crippen LogP contribution in [0.3, 0.4) is 0 Å². The summed E-state index contributed by atoms with van der Waals surface area (Å²) in [6, 6.07) is 6.23.